The summed E-state index contributed by atoms with van der Waals surface area (Å²) in [5.74, 6) is 0.365. The van der Waals surface area contributed by atoms with E-state index in [1.807, 2.05) is 13.2 Å². The lowest BCUT2D eigenvalue weighted by molar-refractivity contribution is -0.116. The van der Waals surface area contributed by atoms with Crippen LogP contribution in [0.5, 0.6) is 0 Å². The van der Waals surface area contributed by atoms with Gasteiger partial charge in [0.15, 0.2) is 0 Å². The van der Waals surface area contributed by atoms with E-state index < -0.39 is 0 Å². The van der Waals surface area contributed by atoms with E-state index in [1.165, 1.54) is 23.9 Å². The van der Waals surface area contributed by atoms with Crippen molar-refractivity contribution in [3.63, 3.8) is 0 Å². The smallest absolute Gasteiger partial charge is 0.147 e. The number of aryl methyl sites for hydroxylation is 1. The molecule has 0 aromatic heterocycles. The maximum absolute atomic E-state index is 12.9. The average Bonchev–Trinajstić information content (AvgIpc) is 2.12. The van der Waals surface area contributed by atoms with Crippen LogP contribution in [0.3, 0.4) is 0 Å². The molecule has 0 unspecified atom stereocenters. The second kappa shape index (κ2) is 5.15. The predicted octanol–water partition coefficient (Wildman–Crippen LogP) is 2.61. The summed E-state index contributed by atoms with van der Waals surface area (Å²) in [7, 11) is 0. The van der Waals surface area contributed by atoms with E-state index in [0.29, 0.717) is 12.2 Å². The van der Waals surface area contributed by atoms with Crippen molar-refractivity contribution >= 4 is 17.5 Å². The van der Waals surface area contributed by atoms with Crippen molar-refractivity contribution in [3.8, 4) is 0 Å². The Morgan fingerprint density at radius 2 is 2.21 bits per heavy atom. The van der Waals surface area contributed by atoms with E-state index in [9.17, 15) is 9.18 Å². The van der Waals surface area contributed by atoms with E-state index in [1.54, 1.807) is 6.07 Å². The molecule has 1 rings (SSSR count). The zero-order chi connectivity index (χ0) is 10.6. The third-order valence-electron chi connectivity index (χ3n) is 2.00. The Kier molecular flexibility index (Phi) is 4.14. The molecule has 0 fully saturated rings. The molecule has 0 heterocycles. The van der Waals surface area contributed by atoms with Crippen LogP contribution >= 0.6 is 11.8 Å². The fourth-order valence-corrected chi connectivity index (χ4v) is 1.68. The van der Waals surface area contributed by atoms with Crippen LogP contribution in [0.2, 0.25) is 0 Å². The molecular weight excluding hydrogens is 199 g/mol. The first-order valence-electron chi connectivity index (χ1n) is 4.39. The molecule has 0 radical (unpaired) electrons. The number of ketones is 1. The van der Waals surface area contributed by atoms with Crippen LogP contribution in [-0.4, -0.2) is 17.8 Å². The number of thioether (sulfide) groups is 1. The summed E-state index contributed by atoms with van der Waals surface area (Å²) in [6, 6.07) is 4.56. The number of hydrogen-bond acceptors (Lipinski definition) is 2. The minimum atomic E-state index is -0.275. The number of carbonyl (C=O) groups is 1. The molecule has 1 nitrogen and oxygen atoms in total. The summed E-state index contributed by atoms with van der Waals surface area (Å²) < 4.78 is 12.9. The van der Waals surface area contributed by atoms with Crippen LogP contribution in [-0.2, 0) is 11.2 Å². The van der Waals surface area contributed by atoms with Gasteiger partial charge in [-0.15, -0.1) is 0 Å². The molecule has 0 N–H and O–H groups in total. The predicted molar refractivity (Wildman–Crippen MR) is 58.2 cm³/mol. The van der Waals surface area contributed by atoms with E-state index in [0.717, 1.165) is 11.1 Å². The standard InChI is InChI=1S/C11H13FOS/c1-8-3-4-10(12)5-9(8)6-11(13)7-14-2/h3-5H,6-7H2,1-2H3. The van der Waals surface area contributed by atoms with Crippen LogP contribution in [0.1, 0.15) is 11.1 Å². The van der Waals surface area contributed by atoms with Crippen molar-refractivity contribution < 1.29 is 9.18 Å². The SMILES string of the molecule is CSCC(=O)Cc1cc(F)ccc1C. The molecule has 0 aliphatic carbocycles. The fourth-order valence-electron chi connectivity index (χ4n) is 1.25. The van der Waals surface area contributed by atoms with Gasteiger partial charge in [0.05, 0.1) is 5.75 Å². The van der Waals surface area contributed by atoms with Crippen molar-refractivity contribution in [1.29, 1.82) is 0 Å². The van der Waals surface area contributed by atoms with Gasteiger partial charge in [-0.2, -0.15) is 11.8 Å². The number of rotatable bonds is 4. The van der Waals surface area contributed by atoms with Gasteiger partial charge in [-0.05, 0) is 36.4 Å². The molecule has 1 aromatic rings. The minimum Gasteiger partial charge on any atom is -0.298 e. The maximum Gasteiger partial charge on any atom is 0.147 e. The molecular formula is C11H13FOS. The van der Waals surface area contributed by atoms with Crippen LogP contribution in [0.4, 0.5) is 4.39 Å². The highest BCUT2D eigenvalue weighted by Gasteiger charge is 2.06. The lowest BCUT2D eigenvalue weighted by atomic mass is 10.0. The van der Waals surface area contributed by atoms with Crippen molar-refractivity contribution in [2.75, 3.05) is 12.0 Å². The number of Topliss-reactive ketones (excluding diaryl/α,β-unsaturated/α-hetero) is 1. The zero-order valence-electron chi connectivity index (χ0n) is 8.34. The van der Waals surface area contributed by atoms with E-state index in [-0.39, 0.29) is 11.6 Å². The molecule has 14 heavy (non-hydrogen) atoms. The Hall–Kier alpha value is -0.830. The molecule has 76 valence electrons. The fraction of sp³-hybridized carbons (Fsp3) is 0.364. The molecule has 3 heteroatoms. The number of hydrogen-bond donors (Lipinski definition) is 0. The topological polar surface area (TPSA) is 17.1 Å². The molecule has 0 aliphatic heterocycles. The van der Waals surface area contributed by atoms with Crippen LogP contribution in [0.25, 0.3) is 0 Å². The highest BCUT2D eigenvalue weighted by atomic mass is 32.2. The van der Waals surface area contributed by atoms with Gasteiger partial charge in [-0.25, -0.2) is 4.39 Å². The van der Waals surface area contributed by atoms with Crippen LogP contribution in [0, 0.1) is 12.7 Å². The molecule has 1 aromatic carbocycles. The highest BCUT2D eigenvalue weighted by molar-refractivity contribution is 7.99. The van der Waals surface area contributed by atoms with Gasteiger partial charge in [0.25, 0.3) is 0 Å². The summed E-state index contributed by atoms with van der Waals surface area (Å²) in [5.41, 5.74) is 1.77. The van der Waals surface area contributed by atoms with Crippen LogP contribution < -0.4 is 0 Å². The Morgan fingerprint density at radius 1 is 1.50 bits per heavy atom. The van der Waals surface area contributed by atoms with Gasteiger partial charge in [-0.1, -0.05) is 6.07 Å². The van der Waals surface area contributed by atoms with Crippen molar-refractivity contribution in [2.24, 2.45) is 0 Å². The first-order valence-corrected chi connectivity index (χ1v) is 5.78. The van der Waals surface area contributed by atoms with E-state index in [2.05, 4.69) is 0 Å². The second-order valence-corrected chi connectivity index (χ2v) is 4.09. The van der Waals surface area contributed by atoms with Gasteiger partial charge >= 0.3 is 0 Å². The Bertz CT molecular complexity index is 336. The largest absolute Gasteiger partial charge is 0.298 e. The molecule has 0 saturated heterocycles. The van der Waals surface area contributed by atoms with Crippen molar-refractivity contribution in [1.82, 2.24) is 0 Å². The van der Waals surface area contributed by atoms with Crippen molar-refractivity contribution in [2.45, 2.75) is 13.3 Å². The lowest BCUT2D eigenvalue weighted by Gasteiger charge is -2.04. The second-order valence-electron chi connectivity index (χ2n) is 3.22. The zero-order valence-corrected chi connectivity index (χ0v) is 9.16. The quantitative estimate of drug-likeness (QED) is 0.763. The maximum atomic E-state index is 12.9. The normalized spacial score (nSPS) is 10.2. The summed E-state index contributed by atoms with van der Waals surface area (Å²) in [6.45, 7) is 1.89. The van der Waals surface area contributed by atoms with E-state index in [4.69, 9.17) is 0 Å². The molecule has 0 aliphatic rings. The van der Waals surface area contributed by atoms with Crippen molar-refractivity contribution in [3.05, 3.63) is 35.1 Å². The molecule has 0 bridgehead atoms. The van der Waals surface area contributed by atoms with Gasteiger partial charge in [0.2, 0.25) is 0 Å². The summed E-state index contributed by atoms with van der Waals surface area (Å²) >= 11 is 1.50. The van der Waals surface area contributed by atoms with E-state index >= 15 is 0 Å². The third kappa shape index (κ3) is 3.14. The van der Waals surface area contributed by atoms with Gasteiger partial charge in [0, 0.05) is 6.42 Å². The average molecular weight is 212 g/mol. The first kappa shape index (κ1) is 11.2. The third-order valence-corrected chi connectivity index (χ3v) is 2.61. The molecule has 0 saturated carbocycles. The molecule has 0 spiro atoms. The summed E-state index contributed by atoms with van der Waals surface area (Å²) in [4.78, 5) is 11.3. The number of benzene rings is 1. The lowest BCUT2D eigenvalue weighted by Crippen LogP contribution is -2.06. The highest BCUT2D eigenvalue weighted by Crippen LogP contribution is 2.12. The summed E-state index contributed by atoms with van der Waals surface area (Å²) in [6.07, 6.45) is 2.22. The Balaban J connectivity index is 2.75. The van der Waals surface area contributed by atoms with Gasteiger partial charge in [-0.3, -0.25) is 4.79 Å². The Morgan fingerprint density at radius 3 is 2.86 bits per heavy atom. The van der Waals surface area contributed by atoms with Gasteiger partial charge in [0.1, 0.15) is 11.6 Å². The molecule has 0 atom stereocenters. The van der Waals surface area contributed by atoms with Gasteiger partial charge < -0.3 is 0 Å². The number of carbonyl (C=O) groups excluding carboxylic acids is 1. The minimum absolute atomic E-state index is 0.145. The number of halogens is 1. The first-order chi connectivity index (χ1) is 6.63. The Labute approximate surface area is 87.7 Å². The van der Waals surface area contributed by atoms with Crippen LogP contribution in [0.15, 0.2) is 18.2 Å². The summed E-state index contributed by atoms with van der Waals surface area (Å²) in [5, 5.41) is 0. The monoisotopic (exact) mass is 212 g/mol. The molecule has 0 amide bonds.